The number of benzene rings is 2. The molecule has 0 saturated heterocycles. The average Bonchev–Trinajstić information content (AvgIpc) is 2.44. The van der Waals surface area contributed by atoms with Crippen LogP contribution in [0.4, 0.5) is 4.39 Å². The molecule has 1 amide bonds. The Kier molecular flexibility index (Phi) is 5.37. The zero-order valence-corrected chi connectivity index (χ0v) is 13.4. The first kappa shape index (κ1) is 15.3. The average molecular weight is 404 g/mol. The molecule has 0 spiro atoms. The monoisotopic (exact) mass is 403 g/mol. The summed E-state index contributed by atoms with van der Waals surface area (Å²) in [6.45, 7) is 0.494. The van der Waals surface area contributed by atoms with E-state index in [0.29, 0.717) is 23.6 Å². The Morgan fingerprint density at radius 2 is 1.90 bits per heavy atom. The van der Waals surface area contributed by atoms with Crippen molar-refractivity contribution in [2.24, 2.45) is 0 Å². The van der Waals surface area contributed by atoms with Gasteiger partial charge < -0.3 is 5.32 Å². The summed E-state index contributed by atoms with van der Waals surface area (Å²) in [6, 6.07) is 11.4. The number of carbonyl (C=O) groups excluding carboxylic acids is 1. The molecular formula is C15H12ClFINO. The third-order valence-corrected chi connectivity index (χ3v) is 4.37. The van der Waals surface area contributed by atoms with Crippen LogP contribution in [0.15, 0.2) is 42.5 Å². The fraction of sp³-hybridized carbons (Fsp3) is 0.133. The molecule has 20 heavy (non-hydrogen) atoms. The van der Waals surface area contributed by atoms with E-state index < -0.39 is 0 Å². The van der Waals surface area contributed by atoms with Gasteiger partial charge in [-0.25, -0.2) is 4.39 Å². The Hall–Kier alpha value is -1.14. The van der Waals surface area contributed by atoms with Gasteiger partial charge in [0, 0.05) is 15.7 Å². The van der Waals surface area contributed by atoms with E-state index in [9.17, 15) is 9.18 Å². The summed E-state index contributed by atoms with van der Waals surface area (Å²) < 4.78 is 13.7. The highest BCUT2D eigenvalue weighted by Crippen LogP contribution is 2.19. The molecule has 0 fully saturated rings. The van der Waals surface area contributed by atoms with E-state index >= 15 is 0 Å². The van der Waals surface area contributed by atoms with E-state index in [1.165, 1.54) is 12.1 Å². The molecule has 0 heterocycles. The number of hydrogen-bond acceptors (Lipinski definition) is 1. The van der Waals surface area contributed by atoms with Gasteiger partial charge in [-0.1, -0.05) is 23.7 Å². The highest BCUT2D eigenvalue weighted by atomic mass is 127. The highest BCUT2D eigenvalue weighted by Gasteiger charge is 2.07. The van der Waals surface area contributed by atoms with Crippen LogP contribution in [-0.4, -0.2) is 12.5 Å². The molecule has 5 heteroatoms. The number of halogens is 3. The Morgan fingerprint density at radius 1 is 1.20 bits per heavy atom. The SMILES string of the molecule is O=C(NCCc1ccc(F)cc1)c1ccc(I)c(Cl)c1. The van der Waals surface area contributed by atoms with Gasteiger partial charge in [0.25, 0.3) is 5.91 Å². The Balaban J connectivity index is 1.88. The van der Waals surface area contributed by atoms with Crippen LogP contribution >= 0.6 is 34.2 Å². The number of hydrogen-bond donors (Lipinski definition) is 1. The van der Waals surface area contributed by atoms with Crippen molar-refractivity contribution in [1.29, 1.82) is 0 Å². The minimum absolute atomic E-state index is 0.162. The Labute approximate surface area is 135 Å². The van der Waals surface area contributed by atoms with E-state index in [2.05, 4.69) is 27.9 Å². The second-order valence-corrected chi connectivity index (χ2v) is 5.83. The molecule has 0 atom stereocenters. The molecular weight excluding hydrogens is 392 g/mol. The summed E-state index contributed by atoms with van der Waals surface area (Å²) in [5.41, 5.74) is 1.52. The molecule has 0 unspecified atom stereocenters. The molecule has 2 aromatic rings. The molecule has 1 N–H and O–H groups in total. The number of carbonyl (C=O) groups is 1. The topological polar surface area (TPSA) is 29.1 Å². The summed E-state index contributed by atoms with van der Waals surface area (Å²) in [5.74, 6) is -0.420. The molecule has 2 aromatic carbocycles. The van der Waals surface area contributed by atoms with Crippen molar-refractivity contribution in [2.45, 2.75) is 6.42 Å². The fourth-order valence-corrected chi connectivity index (χ4v) is 2.23. The van der Waals surface area contributed by atoms with Crippen molar-refractivity contribution < 1.29 is 9.18 Å². The van der Waals surface area contributed by atoms with Gasteiger partial charge in [0.1, 0.15) is 5.82 Å². The lowest BCUT2D eigenvalue weighted by atomic mass is 10.1. The van der Waals surface area contributed by atoms with Gasteiger partial charge in [0.2, 0.25) is 0 Å². The quantitative estimate of drug-likeness (QED) is 0.767. The van der Waals surface area contributed by atoms with Crippen LogP contribution in [0, 0.1) is 9.39 Å². The van der Waals surface area contributed by atoms with E-state index in [1.54, 1.807) is 30.3 Å². The van der Waals surface area contributed by atoms with Gasteiger partial charge >= 0.3 is 0 Å². The maximum Gasteiger partial charge on any atom is 0.251 e. The molecule has 0 aliphatic rings. The predicted octanol–water partition coefficient (Wildman–Crippen LogP) is 4.06. The molecule has 104 valence electrons. The Bertz CT molecular complexity index is 616. The van der Waals surface area contributed by atoms with Crippen molar-refractivity contribution in [3.63, 3.8) is 0 Å². The molecule has 0 aliphatic heterocycles. The van der Waals surface area contributed by atoms with E-state index in [-0.39, 0.29) is 11.7 Å². The van der Waals surface area contributed by atoms with E-state index in [1.807, 2.05) is 0 Å². The molecule has 2 rings (SSSR count). The van der Waals surface area contributed by atoms with Crippen LogP contribution in [-0.2, 0) is 6.42 Å². The van der Waals surface area contributed by atoms with Gasteiger partial charge in [0.05, 0.1) is 5.02 Å². The number of rotatable bonds is 4. The van der Waals surface area contributed by atoms with Crippen LogP contribution in [0.2, 0.25) is 5.02 Å². The van der Waals surface area contributed by atoms with Gasteiger partial charge in [-0.15, -0.1) is 0 Å². The van der Waals surface area contributed by atoms with Gasteiger partial charge in [-0.2, -0.15) is 0 Å². The van der Waals surface area contributed by atoms with Crippen LogP contribution in [0.3, 0.4) is 0 Å². The van der Waals surface area contributed by atoms with Gasteiger partial charge in [-0.3, -0.25) is 4.79 Å². The third kappa shape index (κ3) is 4.18. The largest absolute Gasteiger partial charge is 0.352 e. The highest BCUT2D eigenvalue weighted by molar-refractivity contribution is 14.1. The van der Waals surface area contributed by atoms with Crippen LogP contribution in [0.5, 0.6) is 0 Å². The standard InChI is InChI=1S/C15H12ClFINO/c16-13-9-11(3-6-14(13)18)15(20)19-8-7-10-1-4-12(17)5-2-10/h1-6,9H,7-8H2,(H,19,20). The normalized spacial score (nSPS) is 10.3. The lowest BCUT2D eigenvalue weighted by Gasteiger charge is -2.06. The van der Waals surface area contributed by atoms with Crippen molar-refractivity contribution in [3.05, 3.63) is 68.0 Å². The zero-order chi connectivity index (χ0) is 14.5. The number of amides is 1. The fourth-order valence-electron chi connectivity index (χ4n) is 1.71. The maximum atomic E-state index is 12.7. The van der Waals surface area contributed by atoms with E-state index in [4.69, 9.17) is 11.6 Å². The summed E-state index contributed by atoms with van der Waals surface area (Å²) in [4.78, 5) is 11.9. The summed E-state index contributed by atoms with van der Waals surface area (Å²) in [5, 5.41) is 3.38. The molecule has 0 saturated carbocycles. The smallest absolute Gasteiger partial charge is 0.251 e. The Morgan fingerprint density at radius 3 is 2.55 bits per heavy atom. The second-order valence-electron chi connectivity index (χ2n) is 4.26. The molecule has 0 bridgehead atoms. The summed E-state index contributed by atoms with van der Waals surface area (Å²) >= 11 is 8.09. The molecule has 0 aromatic heterocycles. The van der Waals surface area contributed by atoms with Crippen LogP contribution in [0.25, 0.3) is 0 Å². The van der Waals surface area contributed by atoms with Gasteiger partial charge in [0.15, 0.2) is 0 Å². The lowest BCUT2D eigenvalue weighted by Crippen LogP contribution is -2.25. The second kappa shape index (κ2) is 7.04. The number of nitrogens with one attached hydrogen (secondary N) is 1. The third-order valence-electron chi connectivity index (χ3n) is 2.79. The van der Waals surface area contributed by atoms with E-state index in [0.717, 1.165) is 9.13 Å². The predicted molar refractivity (Wildman–Crippen MR) is 86.6 cm³/mol. The van der Waals surface area contributed by atoms with Crippen LogP contribution in [0.1, 0.15) is 15.9 Å². The molecule has 0 aliphatic carbocycles. The maximum absolute atomic E-state index is 12.7. The zero-order valence-electron chi connectivity index (χ0n) is 10.5. The molecule has 2 nitrogen and oxygen atoms in total. The van der Waals surface area contributed by atoms with Crippen molar-refractivity contribution in [2.75, 3.05) is 6.54 Å². The minimum atomic E-state index is -0.258. The molecule has 0 radical (unpaired) electrons. The first-order valence-electron chi connectivity index (χ1n) is 6.04. The van der Waals surface area contributed by atoms with Crippen molar-refractivity contribution in [1.82, 2.24) is 5.32 Å². The summed E-state index contributed by atoms with van der Waals surface area (Å²) in [6.07, 6.45) is 0.657. The van der Waals surface area contributed by atoms with Crippen LogP contribution < -0.4 is 5.32 Å². The lowest BCUT2D eigenvalue weighted by molar-refractivity contribution is 0.0954. The summed E-state index contributed by atoms with van der Waals surface area (Å²) in [7, 11) is 0. The first-order valence-corrected chi connectivity index (χ1v) is 7.49. The van der Waals surface area contributed by atoms with Gasteiger partial charge in [-0.05, 0) is 64.9 Å². The first-order chi connectivity index (χ1) is 9.56. The minimum Gasteiger partial charge on any atom is -0.352 e. The van der Waals surface area contributed by atoms with Crippen molar-refractivity contribution in [3.8, 4) is 0 Å². The van der Waals surface area contributed by atoms with Crippen molar-refractivity contribution >= 4 is 40.1 Å².